The number of hydrogen-bond donors (Lipinski definition) is 0. The Morgan fingerprint density at radius 1 is 0.739 bits per heavy atom. The van der Waals surface area contributed by atoms with Crippen molar-refractivity contribution < 1.29 is 13.3 Å². The molecule has 0 aliphatic rings. The van der Waals surface area contributed by atoms with Gasteiger partial charge < -0.3 is 13.3 Å². The molecule has 0 saturated carbocycles. The minimum Gasteiger partial charge on any atom is -0.370 e. The number of aryl methyl sites for hydroxylation is 1. The van der Waals surface area contributed by atoms with Crippen molar-refractivity contribution in [3.05, 3.63) is 29.8 Å². The van der Waals surface area contributed by atoms with Crippen LogP contribution in [0.2, 0.25) is 0 Å². The Balaban J connectivity index is 3.16. The van der Waals surface area contributed by atoms with Crippen molar-refractivity contribution in [1.82, 2.24) is 0 Å². The van der Waals surface area contributed by atoms with E-state index >= 15 is 0 Å². The van der Waals surface area contributed by atoms with Gasteiger partial charge in [0, 0.05) is 25.0 Å². The van der Waals surface area contributed by atoms with Crippen LogP contribution >= 0.6 is 0 Å². The largest absolute Gasteiger partial charge is 0.537 e. The Bertz CT molecular complexity index is 426. The minimum atomic E-state index is -2.90. The maximum absolute atomic E-state index is 6.35. The van der Waals surface area contributed by atoms with Gasteiger partial charge in [-0.15, -0.1) is 0 Å². The molecule has 1 aromatic carbocycles. The van der Waals surface area contributed by atoms with E-state index in [2.05, 4.69) is 60.6 Å². The van der Waals surface area contributed by atoms with Crippen LogP contribution in [-0.2, 0) is 13.3 Å². The molecule has 1 rings (SSSR count). The Hall–Kier alpha value is -0.683. The Morgan fingerprint density at radius 3 is 1.48 bits per heavy atom. The SMILES string of the molecule is Cc1ccccc1[Si](OCC(C)C)(OCC(C)C)OCC(C)C. The van der Waals surface area contributed by atoms with Gasteiger partial charge >= 0.3 is 8.80 Å². The molecule has 0 bridgehead atoms. The van der Waals surface area contributed by atoms with Crippen LogP contribution in [0.5, 0.6) is 0 Å². The van der Waals surface area contributed by atoms with Gasteiger partial charge in [0.05, 0.1) is 0 Å². The van der Waals surface area contributed by atoms with E-state index in [0.717, 1.165) is 5.19 Å². The first kappa shape index (κ1) is 20.4. The molecule has 0 aliphatic carbocycles. The lowest BCUT2D eigenvalue weighted by Crippen LogP contribution is -2.59. The zero-order chi connectivity index (χ0) is 17.5. The maximum atomic E-state index is 6.35. The summed E-state index contributed by atoms with van der Waals surface area (Å²) in [6.07, 6.45) is 0. The highest BCUT2D eigenvalue weighted by Gasteiger charge is 2.45. The maximum Gasteiger partial charge on any atom is 0.537 e. The topological polar surface area (TPSA) is 27.7 Å². The fourth-order valence-electron chi connectivity index (χ4n) is 2.10. The first-order valence-corrected chi connectivity index (χ1v) is 10.5. The fourth-order valence-corrected chi connectivity index (χ4v) is 5.35. The van der Waals surface area contributed by atoms with Gasteiger partial charge in [-0.1, -0.05) is 65.8 Å². The van der Waals surface area contributed by atoms with Gasteiger partial charge in [-0.05, 0) is 30.2 Å². The highest BCUT2D eigenvalue weighted by atomic mass is 28.4. The average Bonchev–Trinajstić information content (AvgIpc) is 2.47. The third kappa shape index (κ3) is 6.75. The predicted octanol–water partition coefficient (Wildman–Crippen LogP) is 4.16. The molecule has 1 aromatic rings. The first-order chi connectivity index (χ1) is 10.8. The zero-order valence-electron chi connectivity index (χ0n) is 15.9. The summed E-state index contributed by atoms with van der Waals surface area (Å²) in [6, 6.07) is 8.29. The van der Waals surface area contributed by atoms with Crippen LogP contribution in [0.3, 0.4) is 0 Å². The molecule has 0 heterocycles. The highest BCUT2D eigenvalue weighted by molar-refractivity contribution is 6.75. The summed E-state index contributed by atoms with van der Waals surface area (Å²) >= 11 is 0. The smallest absolute Gasteiger partial charge is 0.370 e. The Kier molecular flexibility index (Phi) is 8.48. The molecular weight excluding hydrogens is 304 g/mol. The predicted molar refractivity (Wildman–Crippen MR) is 98.9 cm³/mol. The zero-order valence-corrected chi connectivity index (χ0v) is 16.9. The van der Waals surface area contributed by atoms with Crippen molar-refractivity contribution in [3.63, 3.8) is 0 Å². The molecule has 0 aromatic heterocycles. The third-order valence-corrected chi connectivity index (χ3v) is 6.16. The van der Waals surface area contributed by atoms with Crippen molar-refractivity contribution in [2.45, 2.75) is 48.5 Å². The molecule has 0 N–H and O–H groups in total. The average molecular weight is 339 g/mol. The molecule has 3 nitrogen and oxygen atoms in total. The summed E-state index contributed by atoms with van der Waals surface area (Å²) in [7, 11) is -2.90. The lowest BCUT2D eigenvalue weighted by molar-refractivity contribution is 0.0494. The van der Waals surface area contributed by atoms with Gasteiger partial charge in [0.15, 0.2) is 0 Å². The quantitative estimate of drug-likeness (QED) is 0.600. The van der Waals surface area contributed by atoms with Crippen LogP contribution in [0.4, 0.5) is 0 Å². The molecule has 0 radical (unpaired) electrons. The molecule has 0 aliphatic heterocycles. The van der Waals surface area contributed by atoms with Crippen LogP contribution in [-0.4, -0.2) is 28.6 Å². The summed E-state index contributed by atoms with van der Waals surface area (Å²) in [5.41, 5.74) is 1.18. The van der Waals surface area contributed by atoms with Crippen molar-refractivity contribution in [3.8, 4) is 0 Å². The van der Waals surface area contributed by atoms with Crippen molar-refractivity contribution in [2.24, 2.45) is 17.8 Å². The summed E-state index contributed by atoms with van der Waals surface area (Å²) in [6.45, 7) is 17.0. The van der Waals surface area contributed by atoms with Crippen LogP contribution in [0.15, 0.2) is 24.3 Å². The van der Waals surface area contributed by atoms with Crippen molar-refractivity contribution >= 4 is 14.0 Å². The molecular formula is C19H34O3Si. The molecule has 0 saturated heterocycles. The summed E-state index contributed by atoms with van der Waals surface area (Å²) in [5.74, 6) is 1.32. The molecule has 132 valence electrons. The molecule has 0 amide bonds. The van der Waals surface area contributed by atoms with E-state index in [1.165, 1.54) is 5.56 Å². The number of rotatable bonds is 10. The monoisotopic (exact) mass is 338 g/mol. The molecule has 23 heavy (non-hydrogen) atoms. The van der Waals surface area contributed by atoms with Crippen LogP contribution in [0, 0.1) is 24.7 Å². The molecule has 0 unspecified atom stereocenters. The number of hydrogen-bond acceptors (Lipinski definition) is 3. The van der Waals surface area contributed by atoms with Crippen molar-refractivity contribution in [1.29, 1.82) is 0 Å². The van der Waals surface area contributed by atoms with Crippen LogP contribution < -0.4 is 5.19 Å². The lowest BCUT2D eigenvalue weighted by atomic mass is 10.2. The van der Waals surface area contributed by atoms with Gasteiger partial charge in [-0.2, -0.15) is 0 Å². The van der Waals surface area contributed by atoms with Crippen LogP contribution in [0.25, 0.3) is 0 Å². The van der Waals surface area contributed by atoms with E-state index in [1.54, 1.807) is 0 Å². The number of benzene rings is 1. The third-order valence-electron chi connectivity index (χ3n) is 3.29. The second kappa shape index (κ2) is 9.57. The van der Waals surface area contributed by atoms with Crippen molar-refractivity contribution in [2.75, 3.05) is 19.8 Å². The van der Waals surface area contributed by atoms with E-state index in [1.807, 2.05) is 12.1 Å². The lowest BCUT2D eigenvalue weighted by Gasteiger charge is -2.33. The van der Waals surface area contributed by atoms with E-state index < -0.39 is 8.80 Å². The summed E-state index contributed by atoms with van der Waals surface area (Å²) < 4.78 is 19.1. The Labute approximate surface area is 143 Å². The van der Waals surface area contributed by atoms with Gasteiger partial charge in [0.2, 0.25) is 0 Å². The second-order valence-electron chi connectivity index (χ2n) is 7.49. The van der Waals surface area contributed by atoms with E-state index in [-0.39, 0.29) is 0 Å². The van der Waals surface area contributed by atoms with E-state index in [4.69, 9.17) is 13.3 Å². The molecule has 4 heteroatoms. The first-order valence-electron chi connectivity index (χ1n) is 8.74. The normalized spacial score (nSPS) is 12.6. The molecule has 0 atom stereocenters. The standard InChI is InChI=1S/C19H34O3Si/c1-15(2)12-20-23(21-13-16(3)4,22-14-17(5)6)19-11-9-8-10-18(19)7/h8-11,15-17H,12-14H2,1-7H3. The van der Waals surface area contributed by atoms with E-state index in [9.17, 15) is 0 Å². The Morgan fingerprint density at radius 2 is 1.13 bits per heavy atom. The van der Waals surface area contributed by atoms with Gasteiger partial charge in [0.25, 0.3) is 0 Å². The van der Waals surface area contributed by atoms with Gasteiger partial charge in [-0.25, -0.2) is 0 Å². The summed E-state index contributed by atoms with van der Waals surface area (Å²) in [5, 5.41) is 1.10. The minimum absolute atomic E-state index is 0.441. The fraction of sp³-hybridized carbons (Fsp3) is 0.684. The van der Waals surface area contributed by atoms with Gasteiger partial charge in [-0.3, -0.25) is 0 Å². The molecule has 0 fully saturated rings. The van der Waals surface area contributed by atoms with Crippen LogP contribution in [0.1, 0.15) is 47.1 Å². The van der Waals surface area contributed by atoms with E-state index in [0.29, 0.717) is 37.6 Å². The molecule has 0 spiro atoms. The van der Waals surface area contributed by atoms with Gasteiger partial charge in [0.1, 0.15) is 0 Å². The second-order valence-corrected chi connectivity index (χ2v) is 10.0. The highest BCUT2D eigenvalue weighted by Crippen LogP contribution is 2.17. The summed E-state index contributed by atoms with van der Waals surface area (Å²) in [4.78, 5) is 0.